The Morgan fingerprint density at radius 2 is 2.18 bits per heavy atom. The minimum Gasteiger partial charge on any atom is -0.325 e. The normalized spacial score (nSPS) is 11.0. The Morgan fingerprint density at radius 1 is 1.55 bits per heavy atom. The number of aromatic nitrogens is 1. The molecule has 1 rings (SSSR count). The van der Waals surface area contributed by atoms with Crippen LogP contribution >= 0.6 is 11.5 Å². The maximum Gasteiger partial charge on any atom is 0.0709 e. The topological polar surface area (TPSA) is 38.9 Å². The first kappa shape index (κ1) is 8.68. The average Bonchev–Trinajstić information content (AvgIpc) is 2.30. The third kappa shape index (κ3) is 1.60. The van der Waals surface area contributed by atoms with E-state index in [1.807, 2.05) is 0 Å². The van der Waals surface area contributed by atoms with Crippen molar-refractivity contribution >= 4 is 11.5 Å². The standard InChI is InChI=1S/C8H14N2S/c1-5(2)8-6(3)7(4-9)10-11-8/h5H,4,9H2,1-3H3. The van der Waals surface area contributed by atoms with E-state index in [1.54, 1.807) is 11.5 Å². The van der Waals surface area contributed by atoms with Crippen molar-refractivity contribution < 1.29 is 0 Å². The van der Waals surface area contributed by atoms with Crippen molar-refractivity contribution in [1.82, 2.24) is 4.37 Å². The molecule has 0 aliphatic rings. The van der Waals surface area contributed by atoms with Crippen LogP contribution in [0.2, 0.25) is 0 Å². The second kappa shape index (κ2) is 3.32. The van der Waals surface area contributed by atoms with E-state index < -0.39 is 0 Å². The molecule has 1 aromatic heterocycles. The molecule has 11 heavy (non-hydrogen) atoms. The van der Waals surface area contributed by atoms with Gasteiger partial charge in [0.25, 0.3) is 0 Å². The SMILES string of the molecule is Cc1c(CN)nsc1C(C)C. The lowest BCUT2D eigenvalue weighted by Crippen LogP contribution is -1.98. The Kier molecular flexibility index (Phi) is 2.62. The first-order valence-corrected chi connectivity index (χ1v) is 4.59. The molecule has 0 aromatic carbocycles. The summed E-state index contributed by atoms with van der Waals surface area (Å²) in [7, 11) is 0. The highest BCUT2D eigenvalue weighted by Gasteiger charge is 2.10. The zero-order valence-corrected chi connectivity index (χ0v) is 8.03. The Balaban J connectivity index is 3.00. The predicted octanol–water partition coefficient (Wildman–Crippen LogP) is 2.03. The van der Waals surface area contributed by atoms with Crippen molar-refractivity contribution in [1.29, 1.82) is 0 Å². The van der Waals surface area contributed by atoms with Gasteiger partial charge >= 0.3 is 0 Å². The van der Waals surface area contributed by atoms with Gasteiger partial charge in [-0.1, -0.05) is 13.8 Å². The summed E-state index contributed by atoms with van der Waals surface area (Å²) in [5.74, 6) is 0.577. The van der Waals surface area contributed by atoms with Gasteiger partial charge in [-0.15, -0.1) is 0 Å². The zero-order valence-electron chi connectivity index (χ0n) is 7.22. The van der Waals surface area contributed by atoms with E-state index in [9.17, 15) is 0 Å². The molecular weight excluding hydrogens is 156 g/mol. The lowest BCUT2D eigenvalue weighted by molar-refractivity contribution is 0.874. The van der Waals surface area contributed by atoms with Crippen LogP contribution in [-0.2, 0) is 6.54 Å². The van der Waals surface area contributed by atoms with Gasteiger partial charge in [0.1, 0.15) is 0 Å². The molecule has 0 amide bonds. The van der Waals surface area contributed by atoms with Crippen LogP contribution in [0.1, 0.15) is 35.9 Å². The number of rotatable bonds is 2. The van der Waals surface area contributed by atoms with E-state index >= 15 is 0 Å². The van der Waals surface area contributed by atoms with Crippen molar-refractivity contribution in [3.63, 3.8) is 0 Å². The molecule has 2 N–H and O–H groups in total. The summed E-state index contributed by atoms with van der Waals surface area (Å²) in [6.45, 7) is 7.03. The largest absolute Gasteiger partial charge is 0.325 e. The van der Waals surface area contributed by atoms with Crippen LogP contribution in [0.4, 0.5) is 0 Å². The van der Waals surface area contributed by atoms with E-state index in [0.29, 0.717) is 12.5 Å². The van der Waals surface area contributed by atoms with Gasteiger partial charge in [0, 0.05) is 11.4 Å². The summed E-state index contributed by atoms with van der Waals surface area (Å²) in [4.78, 5) is 1.37. The lowest BCUT2D eigenvalue weighted by atomic mass is 10.1. The molecule has 0 unspecified atom stereocenters. The summed E-state index contributed by atoms with van der Waals surface area (Å²) in [6.07, 6.45) is 0. The third-order valence-corrected chi connectivity index (χ3v) is 3.06. The van der Waals surface area contributed by atoms with E-state index in [2.05, 4.69) is 25.1 Å². The molecule has 3 heteroatoms. The van der Waals surface area contributed by atoms with Crippen LogP contribution in [0.25, 0.3) is 0 Å². The van der Waals surface area contributed by atoms with Crippen molar-refractivity contribution in [2.45, 2.75) is 33.2 Å². The van der Waals surface area contributed by atoms with Crippen molar-refractivity contribution in [2.24, 2.45) is 5.73 Å². The quantitative estimate of drug-likeness (QED) is 0.737. The highest BCUT2D eigenvalue weighted by Crippen LogP contribution is 2.25. The van der Waals surface area contributed by atoms with Crippen LogP contribution in [0.15, 0.2) is 0 Å². The molecule has 0 bridgehead atoms. The van der Waals surface area contributed by atoms with Gasteiger partial charge in [-0.05, 0) is 29.9 Å². The third-order valence-electron chi connectivity index (χ3n) is 1.77. The minimum atomic E-state index is 0.565. The van der Waals surface area contributed by atoms with Gasteiger partial charge in [0.15, 0.2) is 0 Å². The summed E-state index contributed by atoms with van der Waals surface area (Å²) >= 11 is 1.58. The Hall–Kier alpha value is -0.410. The van der Waals surface area contributed by atoms with Gasteiger partial charge in [-0.3, -0.25) is 0 Å². The molecule has 0 radical (unpaired) electrons. The number of nitrogens with zero attached hydrogens (tertiary/aromatic N) is 1. The predicted molar refractivity (Wildman–Crippen MR) is 48.8 cm³/mol. The molecule has 0 spiro atoms. The van der Waals surface area contributed by atoms with Gasteiger partial charge in [-0.2, -0.15) is 4.37 Å². The van der Waals surface area contributed by atoms with E-state index in [-0.39, 0.29) is 0 Å². The summed E-state index contributed by atoms with van der Waals surface area (Å²) in [5, 5.41) is 0. The number of hydrogen-bond donors (Lipinski definition) is 1. The molecule has 0 fully saturated rings. The van der Waals surface area contributed by atoms with Crippen molar-refractivity contribution in [2.75, 3.05) is 0 Å². The Morgan fingerprint density at radius 3 is 2.45 bits per heavy atom. The van der Waals surface area contributed by atoms with Crippen LogP contribution < -0.4 is 5.73 Å². The van der Waals surface area contributed by atoms with Gasteiger partial charge in [0.2, 0.25) is 0 Å². The molecule has 0 saturated carbocycles. The molecule has 2 nitrogen and oxygen atoms in total. The summed E-state index contributed by atoms with van der Waals surface area (Å²) in [5.41, 5.74) is 7.85. The fraction of sp³-hybridized carbons (Fsp3) is 0.625. The van der Waals surface area contributed by atoms with Crippen LogP contribution in [0.3, 0.4) is 0 Å². The smallest absolute Gasteiger partial charge is 0.0709 e. The maximum atomic E-state index is 5.51. The van der Waals surface area contributed by atoms with E-state index in [0.717, 1.165) is 5.69 Å². The summed E-state index contributed by atoms with van der Waals surface area (Å²) < 4.78 is 4.27. The van der Waals surface area contributed by atoms with Crippen molar-refractivity contribution in [3.8, 4) is 0 Å². The zero-order chi connectivity index (χ0) is 8.43. The van der Waals surface area contributed by atoms with Gasteiger partial charge < -0.3 is 5.73 Å². The van der Waals surface area contributed by atoms with Crippen LogP contribution in [-0.4, -0.2) is 4.37 Å². The second-order valence-electron chi connectivity index (χ2n) is 2.98. The van der Waals surface area contributed by atoms with E-state index in [1.165, 1.54) is 10.4 Å². The lowest BCUT2D eigenvalue weighted by Gasteiger charge is -2.01. The molecule has 0 aliphatic heterocycles. The second-order valence-corrected chi connectivity index (χ2v) is 3.78. The highest BCUT2D eigenvalue weighted by molar-refractivity contribution is 7.06. The van der Waals surface area contributed by atoms with Crippen LogP contribution in [0.5, 0.6) is 0 Å². The van der Waals surface area contributed by atoms with Crippen LogP contribution in [0, 0.1) is 6.92 Å². The molecule has 1 heterocycles. The fourth-order valence-electron chi connectivity index (χ4n) is 1.11. The molecule has 62 valence electrons. The fourth-order valence-corrected chi connectivity index (χ4v) is 2.00. The highest BCUT2D eigenvalue weighted by atomic mass is 32.1. The maximum absolute atomic E-state index is 5.51. The Labute approximate surface area is 71.6 Å². The minimum absolute atomic E-state index is 0.565. The Bertz CT molecular complexity index is 240. The average molecular weight is 170 g/mol. The molecule has 0 saturated heterocycles. The molecule has 1 aromatic rings. The van der Waals surface area contributed by atoms with E-state index in [4.69, 9.17) is 5.73 Å². The molecule has 0 atom stereocenters. The first-order valence-electron chi connectivity index (χ1n) is 3.82. The number of hydrogen-bond acceptors (Lipinski definition) is 3. The number of nitrogens with two attached hydrogens (primary N) is 1. The van der Waals surface area contributed by atoms with Gasteiger partial charge in [-0.25, -0.2) is 0 Å². The monoisotopic (exact) mass is 170 g/mol. The van der Waals surface area contributed by atoms with Crippen molar-refractivity contribution in [3.05, 3.63) is 16.1 Å². The van der Waals surface area contributed by atoms with Gasteiger partial charge in [0.05, 0.1) is 5.69 Å². The molecular formula is C8H14N2S. The first-order chi connectivity index (χ1) is 5.16. The summed E-state index contributed by atoms with van der Waals surface area (Å²) in [6, 6.07) is 0. The molecule has 0 aliphatic carbocycles.